The molecule has 0 aliphatic carbocycles. The third kappa shape index (κ3) is 1.66. The van der Waals surface area contributed by atoms with Gasteiger partial charge in [0.1, 0.15) is 2.88 Å². The van der Waals surface area contributed by atoms with E-state index >= 15 is 0 Å². The lowest BCUT2D eigenvalue weighted by atomic mass is 10.2. The molecule has 0 radical (unpaired) electrons. The Morgan fingerprint density at radius 3 is 2.86 bits per heavy atom. The quantitative estimate of drug-likeness (QED) is 0.421. The molecule has 0 amide bonds. The van der Waals surface area contributed by atoms with E-state index in [2.05, 4.69) is 15.9 Å². The van der Waals surface area contributed by atoms with Crippen LogP contribution in [0.25, 0.3) is 10.1 Å². The number of fused-ring (bicyclic) bond motifs is 1. The lowest BCUT2D eigenvalue weighted by molar-refractivity contribution is -0.383. The van der Waals surface area contributed by atoms with Gasteiger partial charge in [-0.3, -0.25) is 10.1 Å². The molecule has 0 fully saturated rings. The molecule has 0 unspecified atom stereocenters. The van der Waals surface area contributed by atoms with Gasteiger partial charge in [-0.1, -0.05) is 15.9 Å². The van der Waals surface area contributed by atoms with Gasteiger partial charge in [-0.15, -0.1) is 11.3 Å². The SMILES string of the molecule is O=[N+]([O-])c1c(I)sc2ccc(Br)cc12. The number of hydrogen-bond acceptors (Lipinski definition) is 3. The second-order valence-electron chi connectivity index (χ2n) is 2.62. The van der Waals surface area contributed by atoms with E-state index in [0.717, 1.165) is 12.1 Å². The Hall–Kier alpha value is -0.210. The van der Waals surface area contributed by atoms with Crippen molar-refractivity contribution in [1.82, 2.24) is 0 Å². The maximum absolute atomic E-state index is 10.8. The van der Waals surface area contributed by atoms with Crippen LogP contribution in [0.3, 0.4) is 0 Å². The number of rotatable bonds is 1. The lowest BCUT2D eigenvalue weighted by Gasteiger charge is -1.91. The number of hydrogen-bond donors (Lipinski definition) is 0. The molecule has 0 aliphatic rings. The van der Waals surface area contributed by atoms with Gasteiger partial charge in [0.25, 0.3) is 0 Å². The predicted molar refractivity (Wildman–Crippen MR) is 68.9 cm³/mol. The van der Waals surface area contributed by atoms with Crippen LogP contribution in [-0.4, -0.2) is 4.92 Å². The van der Waals surface area contributed by atoms with E-state index in [1.165, 1.54) is 11.3 Å². The van der Waals surface area contributed by atoms with Gasteiger partial charge in [-0.25, -0.2) is 0 Å². The highest BCUT2D eigenvalue weighted by molar-refractivity contribution is 14.1. The first-order valence-corrected chi connectivity index (χ1v) is 6.30. The van der Waals surface area contributed by atoms with Crippen LogP contribution in [0.15, 0.2) is 22.7 Å². The summed E-state index contributed by atoms with van der Waals surface area (Å²) >= 11 is 6.75. The zero-order valence-corrected chi connectivity index (χ0v) is 11.2. The van der Waals surface area contributed by atoms with Crippen LogP contribution in [0, 0.1) is 13.0 Å². The minimum Gasteiger partial charge on any atom is -0.258 e. The summed E-state index contributed by atoms with van der Waals surface area (Å²) in [5.74, 6) is 0. The van der Waals surface area contributed by atoms with E-state index in [4.69, 9.17) is 0 Å². The van der Waals surface area contributed by atoms with Crippen LogP contribution >= 0.6 is 49.9 Å². The minimum atomic E-state index is -0.326. The number of halogens is 2. The Labute approximate surface area is 106 Å². The van der Waals surface area contributed by atoms with Gasteiger partial charge in [0.05, 0.1) is 10.3 Å². The summed E-state index contributed by atoms with van der Waals surface area (Å²) in [6, 6.07) is 5.56. The fourth-order valence-electron chi connectivity index (χ4n) is 1.20. The summed E-state index contributed by atoms with van der Waals surface area (Å²) in [5.41, 5.74) is 0.215. The molecule has 72 valence electrons. The van der Waals surface area contributed by atoms with Crippen LogP contribution < -0.4 is 0 Å². The highest BCUT2D eigenvalue weighted by Gasteiger charge is 2.20. The van der Waals surface area contributed by atoms with Crippen molar-refractivity contribution in [2.45, 2.75) is 0 Å². The molecule has 1 aromatic heterocycles. The molecule has 3 nitrogen and oxygen atoms in total. The average Bonchev–Trinajstić information content (AvgIpc) is 2.40. The van der Waals surface area contributed by atoms with Gasteiger partial charge >= 0.3 is 5.69 Å². The maximum Gasteiger partial charge on any atom is 0.301 e. The molecule has 14 heavy (non-hydrogen) atoms. The number of benzene rings is 1. The van der Waals surface area contributed by atoms with E-state index in [0.29, 0.717) is 5.39 Å². The van der Waals surface area contributed by atoms with Gasteiger partial charge in [-0.05, 0) is 40.8 Å². The smallest absolute Gasteiger partial charge is 0.258 e. The van der Waals surface area contributed by atoms with Gasteiger partial charge in [0.2, 0.25) is 0 Å². The first-order chi connectivity index (χ1) is 6.59. The van der Waals surface area contributed by atoms with E-state index < -0.39 is 0 Å². The third-order valence-corrected chi connectivity index (χ3v) is 4.38. The number of nitro groups is 1. The fraction of sp³-hybridized carbons (Fsp3) is 0. The normalized spacial score (nSPS) is 10.7. The van der Waals surface area contributed by atoms with E-state index in [1.807, 2.05) is 34.7 Å². The zero-order valence-electron chi connectivity index (χ0n) is 6.66. The summed E-state index contributed by atoms with van der Waals surface area (Å²) in [6.07, 6.45) is 0. The van der Waals surface area contributed by atoms with Crippen molar-refractivity contribution in [3.8, 4) is 0 Å². The Morgan fingerprint density at radius 2 is 2.21 bits per heavy atom. The van der Waals surface area contributed by atoms with Gasteiger partial charge in [0, 0.05) is 9.17 Å². The first kappa shape index (κ1) is 10.3. The molecule has 6 heteroatoms. The fourth-order valence-corrected chi connectivity index (χ4v) is 3.63. The van der Waals surface area contributed by atoms with Crippen molar-refractivity contribution in [2.75, 3.05) is 0 Å². The Morgan fingerprint density at radius 1 is 1.50 bits per heavy atom. The van der Waals surface area contributed by atoms with E-state index in [-0.39, 0.29) is 10.6 Å². The predicted octanol–water partition coefficient (Wildman–Crippen LogP) is 4.18. The summed E-state index contributed by atoms with van der Waals surface area (Å²) in [6.45, 7) is 0. The van der Waals surface area contributed by atoms with Crippen molar-refractivity contribution in [3.63, 3.8) is 0 Å². The largest absolute Gasteiger partial charge is 0.301 e. The van der Waals surface area contributed by atoms with Crippen molar-refractivity contribution in [3.05, 3.63) is 35.7 Å². The lowest BCUT2D eigenvalue weighted by Crippen LogP contribution is -1.87. The zero-order chi connectivity index (χ0) is 10.3. The van der Waals surface area contributed by atoms with E-state index in [9.17, 15) is 10.1 Å². The second kappa shape index (κ2) is 3.74. The van der Waals surface area contributed by atoms with Crippen LogP contribution in [0.1, 0.15) is 0 Å². The number of thiophene rings is 1. The van der Waals surface area contributed by atoms with Crippen molar-refractivity contribution >= 4 is 65.6 Å². The maximum atomic E-state index is 10.8. The molecule has 2 rings (SSSR count). The minimum absolute atomic E-state index is 0.215. The summed E-state index contributed by atoms with van der Waals surface area (Å²) in [5, 5.41) is 11.5. The van der Waals surface area contributed by atoms with Crippen LogP contribution in [0.5, 0.6) is 0 Å². The highest BCUT2D eigenvalue weighted by Crippen LogP contribution is 2.39. The second-order valence-corrected chi connectivity index (χ2v) is 6.40. The summed E-state index contributed by atoms with van der Waals surface area (Å²) < 4.78 is 2.53. The molecule has 0 saturated heterocycles. The molecule has 0 bridgehead atoms. The number of nitrogens with zero attached hydrogens (tertiary/aromatic N) is 1. The van der Waals surface area contributed by atoms with Crippen LogP contribution in [0.4, 0.5) is 5.69 Å². The third-order valence-electron chi connectivity index (χ3n) is 1.77. The highest BCUT2D eigenvalue weighted by atomic mass is 127. The van der Waals surface area contributed by atoms with E-state index in [1.54, 1.807) is 6.07 Å². The summed E-state index contributed by atoms with van der Waals surface area (Å²) in [4.78, 5) is 10.5. The molecular formula is C8H3BrINO2S. The summed E-state index contributed by atoms with van der Waals surface area (Å²) in [7, 11) is 0. The average molecular weight is 384 g/mol. The molecule has 0 N–H and O–H groups in total. The van der Waals surface area contributed by atoms with Crippen molar-refractivity contribution in [2.24, 2.45) is 0 Å². The topological polar surface area (TPSA) is 43.1 Å². The molecule has 0 saturated carbocycles. The Kier molecular flexibility index (Phi) is 2.76. The monoisotopic (exact) mass is 383 g/mol. The Bertz CT molecular complexity index is 525. The van der Waals surface area contributed by atoms with Gasteiger partial charge < -0.3 is 0 Å². The van der Waals surface area contributed by atoms with Crippen molar-refractivity contribution < 1.29 is 4.92 Å². The van der Waals surface area contributed by atoms with Crippen LogP contribution in [0.2, 0.25) is 0 Å². The molecular weight excluding hydrogens is 381 g/mol. The Balaban J connectivity index is 2.86. The molecule has 2 aromatic rings. The standard InChI is InChI=1S/C8H3BrINO2S/c9-4-1-2-6-5(3-4)7(11(12)13)8(10)14-6/h1-3H. The van der Waals surface area contributed by atoms with Crippen molar-refractivity contribution in [1.29, 1.82) is 0 Å². The molecule has 1 heterocycles. The molecule has 0 aliphatic heterocycles. The van der Waals surface area contributed by atoms with Gasteiger partial charge in [0.15, 0.2) is 0 Å². The molecule has 1 aromatic carbocycles. The molecule has 0 atom stereocenters. The first-order valence-electron chi connectivity index (χ1n) is 3.61. The van der Waals surface area contributed by atoms with Gasteiger partial charge in [-0.2, -0.15) is 0 Å². The van der Waals surface area contributed by atoms with Crippen LogP contribution in [-0.2, 0) is 0 Å². The molecule has 0 spiro atoms.